The van der Waals surface area contributed by atoms with Gasteiger partial charge in [0, 0.05) is 0 Å². The van der Waals surface area contributed by atoms with Gasteiger partial charge < -0.3 is 0 Å². The third-order valence-electron chi connectivity index (χ3n) is 7.65. The Bertz CT molecular complexity index is 1200. The number of benzene rings is 2. The van der Waals surface area contributed by atoms with Gasteiger partial charge in [0.05, 0.1) is 0 Å². The van der Waals surface area contributed by atoms with E-state index in [1.165, 1.54) is 33.4 Å². The van der Waals surface area contributed by atoms with Crippen LogP contribution in [0.3, 0.4) is 0 Å². The molecule has 0 fully saturated rings. The van der Waals surface area contributed by atoms with E-state index in [1.807, 2.05) is 3.28 Å². The zero-order valence-corrected chi connectivity index (χ0v) is 26.6. The fraction of sp³-hybridized carbons (Fsp3) is 0.379. The maximum atomic E-state index is 2.72. The second-order valence-corrected chi connectivity index (χ2v) is 27.3. The summed E-state index contributed by atoms with van der Waals surface area (Å²) in [6.45, 7) is 21.6. The van der Waals surface area contributed by atoms with Crippen molar-refractivity contribution in [2.24, 2.45) is 5.92 Å². The molecule has 2 aromatic rings. The van der Waals surface area contributed by atoms with Gasteiger partial charge in [-0.1, -0.05) is 0 Å². The topological polar surface area (TPSA) is 0 Å². The molecule has 4 rings (SSSR count). The van der Waals surface area contributed by atoms with Crippen LogP contribution in [0.5, 0.6) is 0 Å². The second kappa shape index (κ2) is 10.9. The first kappa shape index (κ1) is 28.6. The standard InChI is InChI=1S/C18H17.C9H13.C2H6Si.2ClH.Zr/c1-12-10-13(2)18(14(3)11-12)17-9-8-15-6-4-5-7-16(15)17;1-6-5-7(2)9(4)8(6)3;1-3-2;;;/h4-11H,1-3H3;6H,1-4H3;1-2H3;2*1H;. The number of allylic oxidation sites excluding steroid dienone is 5. The molecule has 2 aromatic carbocycles. The van der Waals surface area contributed by atoms with Crippen LogP contribution < -0.4 is 0 Å². The predicted molar refractivity (Wildman–Crippen MR) is 149 cm³/mol. The molecule has 0 aliphatic heterocycles. The molecule has 4 heteroatoms. The Morgan fingerprint density at radius 3 is 1.91 bits per heavy atom. The predicted octanol–water partition coefficient (Wildman–Crippen LogP) is 9.07. The second-order valence-electron chi connectivity index (χ2n) is 9.90. The monoisotopic (exact) mass is 574 g/mol. The molecule has 176 valence electrons. The Hall–Kier alpha value is -0.660. The molecule has 0 N–H and O–H groups in total. The summed E-state index contributed by atoms with van der Waals surface area (Å²) in [4.78, 5) is 0. The van der Waals surface area contributed by atoms with Crippen LogP contribution in [0.4, 0.5) is 0 Å². The Labute approximate surface area is 221 Å². The van der Waals surface area contributed by atoms with Gasteiger partial charge in [-0.15, -0.1) is 24.8 Å². The smallest absolute Gasteiger partial charge is 0.147 e. The summed E-state index contributed by atoms with van der Waals surface area (Å²) in [5, 5.41) is 0. The van der Waals surface area contributed by atoms with Crippen molar-refractivity contribution in [3.05, 3.63) is 95.9 Å². The molecule has 0 amide bonds. The Morgan fingerprint density at radius 1 is 0.818 bits per heavy atom. The molecule has 0 heterocycles. The van der Waals surface area contributed by atoms with E-state index in [0.717, 1.165) is 0 Å². The van der Waals surface area contributed by atoms with Crippen molar-refractivity contribution in [3.8, 4) is 0 Å². The third kappa shape index (κ3) is 4.88. The molecule has 33 heavy (non-hydrogen) atoms. The van der Waals surface area contributed by atoms with Crippen LogP contribution in [0, 0.1) is 26.7 Å². The van der Waals surface area contributed by atoms with Gasteiger partial charge in [-0.3, -0.25) is 0 Å². The van der Waals surface area contributed by atoms with Crippen molar-refractivity contribution in [3.63, 3.8) is 0 Å². The summed E-state index contributed by atoms with van der Waals surface area (Å²) in [5.74, 6) is 0.654. The summed E-state index contributed by atoms with van der Waals surface area (Å²) in [5.41, 5.74) is 14.8. The number of halogens is 2. The molecule has 2 atom stereocenters. The fourth-order valence-corrected chi connectivity index (χ4v) is 25.7. The zero-order valence-electron chi connectivity index (χ0n) is 21.5. The van der Waals surface area contributed by atoms with Gasteiger partial charge in [0.1, 0.15) is 0 Å². The zero-order chi connectivity index (χ0) is 22.6. The van der Waals surface area contributed by atoms with Crippen molar-refractivity contribution in [1.82, 2.24) is 0 Å². The number of hydrogen-bond donors (Lipinski definition) is 0. The summed E-state index contributed by atoms with van der Waals surface area (Å²) >= 11 is -1.93. The first-order valence-corrected chi connectivity index (χ1v) is 20.4. The van der Waals surface area contributed by atoms with Gasteiger partial charge in [-0.25, -0.2) is 0 Å². The fourth-order valence-electron chi connectivity index (χ4n) is 5.97. The molecule has 0 bridgehead atoms. The van der Waals surface area contributed by atoms with Crippen molar-refractivity contribution >= 4 is 35.8 Å². The number of fused-ring (bicyclic) bond motifs is 1. The van der Waals surface area contributed by atoms with Crippen LogP contribution in [0.25, 0.3) is 5.57 Å². The van der Waals surface area contributed by atoms with Gasteiger partial charge >= 0.3 is 198 Å². The third-order valence-corrected chi connectivity index (χ3v) is 26.2. The van der Waals surface area contributed by atoms with Crippen LogP contribution in [-0.2, 0) is 20.4 Å². The summed E-state index contributed by atoms with van der Waals surface area (Å²) < 4.78 is 2.58. The molecule has 2 aliphatic carbocycles. The molecular formula is C29H38Cl2SiZr. The van der Waals surface area contributed by atoms with E-state index < -0.39 is 20.4 Å². The molecule has 2 unspecified atom stereocenters. The molecule has 0 radical (unpaired) electrons. The Balaban J connectivity index is 0.00000193. The van der Waals surface area contributed by atoms with Crippen molar-refractivity contribution in [2.45, 2.75) is 65.2 Å². The van der Waals surface area contributed by atoms with Crippen LogP contribution >= 0.6 is 24.8 Å². The van der Waals surface area contributed by atoms with Gasteiger partial charge in [0.25, 0.3) is 0 Å². The molecule has 2 aliphatic rings. The average molecular weight is 577 g/mol. The van der Waals surface area contributed by atoms with E-state index in [0.29, 0.717) is 9.54 Å². The Morgan fingerprint density at radius 2 is 1.39 bits per heavy atom. The summed E-state index contributed by atoms with van der Waals surface area (Å²) in [6, 6.07) is 14.0. The molecule has 0 spiro atoms. The number of hydrogen-bond acceptors (Lipinski definition) is 0. The van der Waals surface area contributed by atoms with Crippen LogP contribution in [0.2, 0.25) is 13.1 Å². The normalized spacial score (nSPS) is 19.1. The maximum absolute atomic E-state index is 2.72. The minimum absolute atomic E-state index is 0. The van der Waals surface area contributed by atoms with Crippen molar-refractivity contribution in [2.75, 3.05) is 0 Å². The van der Waals surface area contributed by atoms with E-state index >= 15 is 0 Å². The minimum atomic E-state index is -1.93. The molecular weight excluding hydrogens is 539 g/mol. The van der Waals surface area contributed by atoms with E-state index in [-0.39, 0.29) is 30.2 Å². The van der Waals surface area contributed by atoms with E-state index in [9.17, 15) is 0 Å². The van der Waals surface area contributed by atoms with Gasteiger partial charge in [0.2, 0.25) is 0 Å². The summed E-state index contributed by atoms with van der Waals surface area (Å²) in [6.07, 6.45) is 2.72. The van der Waals surface area contributed by atoms with Crippen molar-refractivity contribution in [1.29, 1.82) is 0 Å². The number of aryl methyl sites for hydroxylation is 3. The van der Waals surface area contributed by atoms with Crippen LogP contribution in [0.15, 0.2) is 62.5 Å². The Kier molecular flexibility index (Phi) is 9.48. The van der Waals surface area contributed by atoms with Gasteiger partial charge in [-0.05, 0) is 0 Å². The van der Waals surface area contributed by atoms with Crippen molar-refractivity contribution < 1.29 is 20.4 Å². The minimum Gasteiger partial charge on any atom is -0.147 e. The molecule has 0 nitrogen and oxygen atoms in total. The quantitative estimate of drug-likeness (QED) is 0.320. The maximum Gasteiger partial charge on any atom is -0.147 e. The van der Waals surface area contributed by atoms with E-state index in [1.54, 1.807) is 22.3 Å². The van der Waals surface area contributed by atoms with Crippen LogP contribution in [0.1, 0.15) is 64.7 Å². The molecule has 0 saturated heterocycles. The first-order valence-electron chi connectivity index (χ1n) is 11.6. The van der Waals surface area contributed by atoms with Gasteiger partial charge in [0.15, 0.2) is 0 Å². The SMILES string of the molecule is CC1=C(C)C(C)[C]([Zr]([CH]2C=C(c3c(C)cc(C)cc3C)c3ccccc32)=[Si](C)C)=C1C.Cl.Cl. The number of rotatable bonds is 3. The van der Waals surface area contributed by atoms with E-state index in [2.05, 4.69) is 104 Å². The van der Waals surface area contributed by atoms with Crippen LogP contribution in [-0.4, -0.2) is 5.43 Å². The summed E-state index contributed by atoms with van der Waals surface area (Å²) in [7, 11) is 0. The average Bonchev–Trinajstić information content (AvgIpc) is 3.15. The largest absolute Gasteiger partial charge is 0.147 e. The van der Waals surface area contributed by atoms with E-state index in [4.69, 9.17) is 0 Å². The molecule has 0 aromatic heterocycles. The molecule has 0 saturated carbocycles. The first-order chi connectivity index (χ1) is 14.6. The van der Waals surface area contributed by atoms with Gasteiger partial charge in [-0.2, -0.15) is 0 Å².